The van der Waals surface area contributed by atoms with Gasteiger partial charge in [0.1, 0.15) is 0 Å². The Morgan fingerprint density at radius 2 is 2.11 bits per heavy atom. The van der Waals surface area contributed by atoms with Crippen molar-refractivity contribution in [1.82, 2.24) is 9.47 Å². The number of nitrogens with zero attached hydrogens (tertiary/aromatic N) is 2. The van der Waals surface area contributed by atoms with Crippen LogP contribution in [-0.2, 0) is 6.54 Å². The molecular weight excluding hydrogens is 224 g/mol. The van der Waals surface area contributed by atoms with Crippen LogP contribution in [0.5, 0.6) is 0 Å². The third kappa shape index (κ3) is 1.50. The zero-order valence-electron chi connectivity index (χ0n) is 10.7. The number of aromatic nitrogens is 1. The van der Waals surface area contributed by atoms with Crippen LogP contribution in [0.1, 0.15) is 37.3 Å². The van der Waals surface area contributed by atoms with Crippen molar-refractivity contribution in [3.05, 3.63) is 34.2 Å². The first kappa shape index (κ1) is 10.8. The molecule has 3 nitrogen and oxygen atoms in total. The van der Waals surface area contributed by atoms with Crippen LogP contribution in [-0.4, -0.2) is 28.6 Å². The van der Waals surface area contributed by atoms with E-state index in [1.165, 1.54) is 44.5 Å². The monoisotopic (exact) mass is 244 g/mol. The molecule has 4 rings (SSSR count). The number of pyridine rings is 1. The lowest BCUT2D eigenvalue weighted by Crippen LogP contribution is -2.54. The van der Waals surface area contributed by atoms with E-state index in [9.17, 15) is 4.79 Å². The number of piperidine rings is 2. The number of hydrogen-bond acceptors (Lipinski definition) is 2. The highest BCUT2D eigenvalue weighted by molar-refractivity contribution is 5.18. The molecule has 3 atom stereocenters. The maximum Gasteiger partial charge on any atom is 0.250 e. The number of fused-ring (bicyclic) bond motifs is 6. The van der Waals surface area contributed by atoms with E-state index in [1.807, 2.05) is 10.6 Å². The van der Waals surface area contributed by atoms with Crippen LogP contribution in [0.15, 0.2) is 23.0 Å². The van der Waals surface area contributed by atoms with Gasteiger partial charge in [-0.2, -0.15) is 0 Å². The maximum absolute atomic E-state index is 12.0. The van der Waals surface area contributed by atoms with Gasteiger partial charge < -0.3 is 4.57 Å². The molecule has 1 unspecified atom stereocenters. The summed E-state index contributed by atoms with van der Waals surface area (Å²) < 4.78 is 2.05. The van der Waals surface area contributed by atoms with Crippen LogP contribution in [0.4, 0.5) is 0 Å². The highest BCUT2D eigenvalue weighted by atomic mass is 16.1. The Labute approximate surface area is 107 Å². The van der Waals surface area contributed by atoms with E-state index >= 15 is 0 Å². The highest BCUT2D eigenvalue weighted by Gasteiger charge is 2.41. The van der Waals surface area contributed by atoms with Crippen molar-refractivity contribution in [2.75, 3.05) is 13.1 Å². The minimum absolute atomic E-state index is 0.200. The summed E-state index contributed by atoms with van der Waals surface area (Å²) in [4.78, 5) is 14.7. The number of rotatable bonds is 0. The van der Waals surface area contributed by atoms with Gasteiger partial charge >= 0.3 is 0 Å². The Hall–Kier alpha value is -1.09. The Kier molecular flexibility index (Phi) is 2.37. The molecule has 18 heavy (non-hydrogen) atoms. The van der Waals surface area contributed by atoms with Crippen LogP contribution in [0.25, 0.3) is 0 Å². The molecule has 0 saturated carbocycles. The molecule has 4 heterocycles. The highest BCUT2D eigenvalue weighted by Crippen LogP contribution is 2.41. The van der Waals surface area contributed by atoms with Crippen molar-refractivity contribution in [1.29, 1.82) is 0 Å². The summed E-state index contributed by atoms with van der Waals surface area (Å²) >= 11 is 0. The first-order valence-electron chi connectivity index (χ1n) is 7.27. The summed E-state index contributed by atoms with van der Waals surface area (Å²) in [5, 5.41) is 0. The Morgan fingerprint density at radius 3 is 3.06 bits per heavy atom. The second kappa shape index (κ2) is 3.95. The van der Waals surface area contributed by atoms with Crippen LogP contribution in [0.2, 0.25) is 0 Å². The van der Waals surface area contributed by atoms with Gasteiger partial charge in [0.25, 0.3) is 5.56 Å². The van der Waals surface area contributed by atoms with E-state index in [2.05, 4.69) is 11.0 Å². The lowest BCUT2D eigenvalue weighted by molar-refractivity contribution is 0.0248. The Bertz CT molecular complexity index is 521. The molecule has 2 bridgehead atoms. The van der Waals surface area contributed by atoms with Gasteiger partial charge in [-0.25, -0.2) is 0 Å². The molecule has 3 aliphatic heterocycles. The second-order valence-electron chi connectivity index (χ2n) is 6.15. The quantitative estimate of drug-likeness (QED) is 0.695. The molecule has 2 fully saturated rings. The van der Waals surface area contributed by atoms with Gasteiger partial charge in [-0.1, -0.05) is 12.5 Å². The molecule has 0 radical (unpaired) electrons. The molecule has 1 aromatic rings. The van der Waals surface area contributed by atoms with Crippen molar-refractivity contribution < 1.29 is 0 Å². The van der Waals surface area contributed by atoms with E-state index < -0.39 is 0 Å². The molecule has 0 amide bonds. The molecule has 2 saturated heterocycles. The van der Waals surface area contributed by atoms with E-state index in [0.29, 0.717) is 11.8 Å². The van der Waals surface area contributed by atoms with Gasteiger partial charge in [0.2, 0.25) is 0 Å². The molecule has 3 heteroatoms. The SMILES string of the molecule is O=c1cccc2n1C[C@H]1CC2CN2CCCC[C@@H]12. The molecule has 0 aliphatic carbocycles. The Balaban J connectivity index is 1.76. The fraction of sp³-hybridized carbons (Fsp3) is 0.667. The number of hydrogen-bond donors (Lipinski definition) is 0. The van der Waals surface area contributed by atoms with Gasteiger partial charge in [0.15, 0.2) is 0 Å². The topological polar surface area (TPSA) is 25.2 Å². The van der Waals surface area contributed by atoms with Crippen LogP contribution in [0.3, 0.4) is 0 Å². The third-order valence-corrected chi connectivity index (χ3v) is 5.17. The summed E-state index contributed by atoms with van der Waals surface area (Å²) in [7, 11) is 0. The minimum Gasteiger partial charge on any atom is -0.312 e. The average molecular weight is 244 g/mol. The summed E-state index contributed by atoms with van der Waals surface area (Å²) in [6.07, 6.45) is 5.37. The molecule has 0 aromatic carbocycles. The van der Waals surface area contributed by atoms with Gasteiger partial charge in [0, 0.05) is 36.8 Å². The normalized spacial score (nSPS) is 34.8. The van der Waals surface area contributed by atoms with Crippen molar-refractivity contribution in [3.8, 4) is 0 Å². The van der Waals surface area contributed by atoms with Gasteiger partial charge in [-0.05, 0) is 37.8 Å². The molecule has 96 valence electrons. The van der Waals surface area contributed by atoms with Crippen molar-refractivity contribution in [2.45, 2.75) is 44.2 Å². The average Bonchev–Trinajstić information content (AvgIpc) is 2.40. The van der Waals surface area contributed by atoms with Crippen molar-refractivity contribution >= 4 is 0 Å². The molecule has 0 spiro atoms. The van der Waals surface area contributed by atoms with Gasteiger partial charge in [-0.3, -0.25) is 9.69 Å². The van der Waals surface area contributed by atoms with E-state index in [0.717, 1.165) is 12.6 Å². The first-order chi connectivity index (χ1) is 8.83. The standard InChI is InChI=1S/C15H20N2O/c18-15-6-3-5-14-11-8-12(10-17(14)15)13-4-1-2-7-16(13)9-11/h3,5-6,11-13H,1-2,4,7-10H2/t11?,12-,13+/m1/s1. The van der Waals surface area contributed by atoms with Gasteiger partial charge in [-0.15, -0.1) is 0 Å². The lowest BCUT2D eigenvalue weighted by Gasteiger charge is -2.50. The summed E-state index contributed by atoms with van der Waals surface area (Å²) in [6.45, 7) is 3.39. The van der Waals surface area contributed by atoms with Crippen molar-refractivity contribution in [2.24, 2.45) is 5.92 Å². The van der Waals surface area contributed by atoms with Crippen molar-refractivity contribution in [3.63, 3.8) is 0 Å². The summed E-state index contributed by atoms with van der Waals surface area (Å²) in [5.41, 5.74) is 1.48. The van der Waals surface area contributed by atoms with E-state index in [-0.39, 0.29) is 5.56 Å². The third-order valence-electron chi connectivity index (χ3n) is 5.17. The zero-order valence-corrected chi connectivity index (χ0v) is 10.7. The van der Waals surface area contributed by atoms with E-state index in [4.69, 9.17) is 0 Å². The molecule has 3 aliphatic rings. The summed E-state index contributed by atoms with van der Waals surface area (Å²) in [6, 6.07) is 6.54. The molecular formula is C15H20N2O. The smallest absolute Gasteiger partial charge is 0.250 e. The first-order valence-corrected chi connectivity index (χ1v) is 7.27. The maximum atomic E-state index is 12.0. The predicted molar refractivity (Wildman–Crippen MR) is 70.8 cm³/mol. The molecule has 1 aromatic heterocycles. The zero-order chi connectivity index (χ0) is 12.1. The van der Waals surface area contributed by atoms with Crippen LogP contribution >= 0.6 is 0 Å². The summed E-state index contributed by atoms with van der Waals surface area (Å²) in [5.74, 6) is 1.30. The van der Waals surface area contributed by atoms with Crippen LogP contribution in [0, 0.1) is 5.92 Å². The van der Waals surface area contributed by atoms with Gasteiger partial charge in [0.05, 0.1) is 0 Å². The molecule has 0 N–H and O–H groups in total. The predicted octanol–water partition coefficient (Wildman–Crippen LogP) is 1.82. The Morgan fingerprint density at radius 1 is 1.17 bits per heavy atom. The fourth-order valence-electron chi connectivity index (χ4n) is 4.39. The largest absolute Gasteiger partial charge is 0.312 e. The second-order valence-corrected chi connectivity index (χ2v) is 6.15. The lowest BCUT2D eigenvalue weighted by atomic mass is 9.75. The van der Waals surface area contributed by atoms with E-state index in [1.54, 1.807) is 6.07 Å². The fourth-order valence-corrected chi connectivity index (χ4v) is 4.39. The minimum atomic E-state index is 0.200. The van der Waals surface area contributed by atoms with Crippen LogP contribution < -0.4 is 5.56 Å².